The number of aromatic nitrogens is 2. The Hall–Kier alpha value is -1.04. The van der Waals surface area contributed by atoms with Crippen LogP contribution in [0.25, 0.3) is 0 Å². The Balaban J connectivity index is 2.63. The van der Waals surface area contributed by atoms with E-state index in [1.807, 2.05) is 13.1 Å². The fraction of sp³-hybridized carbons (Fsp3) is 0.600. The van der Waals surface area contributed by atoms with Gasteiger partial charge in [-0.15, -0.1) is 0 Å². The molecular weight excluding hydrogens is 192 g/mol. The molecule has 1 atom stereocenters. The van der Waals surface area contributed by atoms with Gasteiger partial charge in [0, 0.05) is 26.4 Å². The predicted molar refractivity (Wildman–Crippen MR) is 58.3 cm³/mol. The van der Waals surface area contributed by atoms with E-state index in [0.717, 1.165) is 12.2 Å². The lowest BCUT2D eigenvalue weighted by Gasteiger charge is -2.25. The van der Waals surface area contributed by atoms with Crippen LogP contribution in [-0.4, -0.2) is 48.7 Å². The maximum Gasteiger partial charge on any atom is 0.115 e. The molecule has 0 fully saturated rings. The first-order chi connectivity index (χ1) is 7.29. The molecule has 0 spiro atoms. The van der Waals surface area contributed by atoms with Crippen molar-refractivity contribution >= 4 is 0 Å². The molecule has 0 radical (unpaired) electrons. The molecule has 0 amide bonds. The summed E-state index contributed by atoms with van der Waals surface area (Å²) in [5, 5.41) is 0. The summed E-state index contributed by atoms with van der Waals surface area (Å²) in [5.74, 6) is 0. The van der Waals surface area contributed by atoms with Crippen molar-refractivity contribution in [3.8, 4) is 0 Å². The number of likely N-dealkylation sites (N-methyl/N-ethyl adjacent to an activating group) is 1. The summed E-state index contributed by atoms with van der Waals surface area (Å²) in [6.07, 6.45) is 3.28. The predicted octanol–water partition coefficient (Wildman–Crippen LogP) is 0.0546. The Labute approximate surface area is 90.3 Å². The zero-order valence-electron chi connectivity index (χ0n) is 9.26. The van der Waals surface area contributed by atoms with Gasteiger partial charge in [-0.1, -0.05) is 0 Å². The van der Waals surface area contributed by atoms with E-state index in [-0.39, 0.29) is 6.04 Å². The summed E-state index contributed by atoms with van der Waals surface area (Å²) in [6, 6.07) is 2.02. The van der Waals surface area contributed by atoms with Crippen molar-refractivity contribution < 1.29 is 4.74 Å². The summed E-state index contributed by atoms with van der Waals surface area (Å²) in [4.78, 5) is 10.2. The van der Waals surface area contributed by atoms with Gasteiger partial charge in [0.25, 0.3) is 0 Å². The van der Waals surface area contributed by atoms with Crippen LogP contribution in [0.1, 0.15) is 11.7 Å². The summed E-state index contributed by atoms with van der Waals surface area (Å²) >= 11 is 0. The third-order valence-electron chi connectivity index (χ3n) is 2.35. The summed E-state index contributed by atoms with van der Waals surface area (Å²) in [5.41, 5.74) is 6.68. The number of methoxy groups -OCH3 is 1. The van der Waals surface area contributed by atoms with Gasteiger partial charge in [-0.3, -0.25) is 4.90 Å². The molecule has 5 nitrogen and oxygen atoms in total. The molecule has 0 aromatic carbocycles. The average Bonchev–Trinajstić information content (AvgIpc) is 2.29. The molecule has 1 rings (SSSR count). The van der Waals surface area contributed by atoms with Gasteiger partial charge < -0.3 is 10.5 Å². The van der Waals surface area contributed by atoms with Crippen LogP contribution in [0, 0.1) is 0 Å². The van der Waals surface area contributed by atoms with Crippen LogP contribution in [0.15, 0.2) is 18.6 Å². The van der Waals surface area contributed by atoms with Crippen molar-refractivity contribution in [2.24, 2.45) is 5.73 Å². The zero-order chi connectivity index (χ0) is 11.1. The molecule has 0 aliphatic carbocycles. The third-order valence-corrected chi connectivity index (χ3v) is 2.35. The van der Waals surface area contributed by atoms with Gasteiger partial charge in [-0.05, 0) is 13.1 Å². The topological polar surface area (TPSA) is 64.3 Å². The van der Waals surface area contributed by atoms with Crippen molar-refractivity contribution in [1.29, 1.82) is 0 Å². The normalized spacial score (nSPS) is 13.1. The standard InChI is InChI=1S/C10H18N4O/c1-14(5-6-15-2)10(7-11)9-3-4-12-8-13-9/h3-4,8,10H,5-7,11H2,1-2H3. The van der Waals surface area contributed by atoms with Crippen LogP contribution >= 0.6 is 0 Å². The molecule has 1 unspecified atom stereocenters. The average molecular weight is 210 g/mol. The molecule has 2 N–H and O–H groups in total. The maximum absolute atomic E-state index is 5.73. The first-order valence-electron chi connectivity index (χ1n) is 4.94. The van der Waals surface area contributed by atoms with Gasteiger partial charge in [0.15, 0.2) is 0 Å². The smallest absolute Gasteiger partial charge is 0.115 e. The molecule has 0 bridgehead atoms. The molecule has 1 aromatic heterocycles. The Morgan fingerprint density at radius 3 is 2.93 bits per heavy atom. The highest BCUT2D eigenvalue weighted by molar-refractivity contribution is 5.05. The third kappa shape index (κ3) is 3.54. The van der Waals surface area contributed by atoms with E-state index < -0.39 is 0 Å². The van der Waals surface area contributed by atoms with Gasteiger partial charge in [0.2, 0.25) is 0 Å². The summed E-state index contributed by atoms with van der Waals surface area (Å²) in [6.45, 7) is 2.07. The van der Waals surface area contributed by atoms with E-state index in [1.165, 1.54) is 0 Å². The highest BCUT2D eigenvalue weighted by Gasteiger charge is 2.15. The molecule has 84 valence electrons. The van der Waals surface area contributed by atoms with E-state index in [4.69, 9.17) is 10.5 Å². The van der Waals surface area contributed by atoms with Crippen molar-refractivity contribution in [1.82, 2.24) is 14.9 Å². The van der Waals surface area contributed by atoms with Gasteiger partial charge >= 0.3 is 0 Å². The quantitative estimate of drug-likeness (QED) is 0.719. The first-order valence-corrected chi connectivity index (χ1v) is 4.94. The number of rotatable bonds is 6. The number of hydrogen-bond acceptors (Lipinski definition) is 5. The van der Waals surface area contributed by atoms with Crippen LogP contribution < -0.4 is 5.73 Å². The molecule has 0 saturated heterocycles. The van der Waals surface area contributed by atoms with Crippen LogP contribution in [0.2, 0.25) is 0 Å². The van der Waals surface area contributed by atoms with Crippen LogP contribution in [0.4, 0.5) is 0 Å². The number of nitrogens with zero attached hydrogens (tertiary/aromatic N) is 3. The van der Waals surface area contributed by atoms with E-state index in [9.17, 15) is 0 Å². The fourth-order valence-electron chi connectivity index (χ4n) is 1.42. The van der Waals surface area contributed by atoms with Gasteiger partial charge in [0.1, 0.15) is 6.33 Å². The molecule has 1 aromatic rings. The minimum absolute atomic E-state index is 0.128. The second-order valence-corrected chi connectivity index (χ2v) is 3.36. The molecular formula is C10H18N4O. The first kappa shape index (κ1) is 12.0. The largest absolute Gasteiger partial charge is 0.383 e. The highest BCUT2D eigenvalue weighted by Crippen LogP contribution is 2.14. The number of ether oxygens (including phenoxy) is 1. The van der Waals surface area contributed by atoms with Crippen molar-refractivity contribution in [2.45, 2.75) is 6.04 Å². The Kier molecular flexibility index (Phi) is 5.17. The van der Waals surface area contributed by atoms with Crippen molar-refractivity contribution in [3.63, 3.8) is 0 Å². The minimum Gasteiger partial charge on any atom is -0.383 e. The minimum atomic E-state index is 0.128. The molecule has 15 heavy (non-hydrogen) atoms. The van der Waals surface area contributed by atoms with Crippen LogP contribution in [-0.2, 0) is 4.74 Å². The van der Waals surface area contributed by atoms with E-state index in [0.29, 0.717) is 13.2 Å². The summed E-state index contributed by atoms with van der Waals surface area (Å²) in [7, 11) is 3.70. The van der Waals surface area contributed by atoms with Gasteiger partial charge in [-0.25, -0.2) is 9.97 Å². The maximum atomic E-state index is 5.73. The second kappa shape index (κ2) is 6.44. The van der Waals surface area contributed by atoms with Crippen molar-refractivity contribution in [3.05, 3.63) is 24.3 Å². The molecule has 0 saturated carbocycles. The Bertz CT molecular complexity index is 267. The van der Waals surface area contributed by atoms with Gasteiger partial charge in [0.05, 0.1) is 18.3 Å². The molecule has 1 heterocycles. The zero-order valence-corrected chi connectivity index (χ0v) is 9.26. The van der Waals surface area contributed by atoms with E-state index >= 15 is 0 Å². The van der Waals surface area contributed by atoms with Crippen LogP contribution in [0.3, 0.4) is 0 Å². The Morgan fingerprint density at radius 1 is 1.60 bits per heavy atom. The molecule has 5 heteroatoms. The SMILES string of the molecule is COCCN(C)C(CN)c1ccncn1. The molecule has 0 aliphatic rings. The highest BCUT2D eigenvalue weighted by atomic mass is 16.5. The lowest BCUT2D eigenvalue weighted by molar-refractivity contribution is 0.139. The lowest BCUT2D eigenvalue weighted by atomic mass is 10.2. The number of hydrogen-bond donors (Lipinski definition) is 1. The monoisotopic (exact) mass is 210 g/mol. The van der Waals surface area contributed by atoms with E-state index in [2.05, 4.69) is 14.9 Å². The van der Waals surface area contributed by atoms with Crippen molar-refractivity contribution in [2.75, 3.05) is 33.9 Å². The Morgan fingerprint density at radius 2 is 2.40 bits per heavy atom. The van der Waals surface area contributed by atoms with Crippen LogP contribution in [0.5, 0.6) is 0 Å². The summed E-state index contributed by atoms with van der Waals surface area (Å²) < 4.78 is 5.03. The lowest BCUT2D eigenvalue weighted by Crippen LogP contribution is -2.33. The second-order valence-electron chi connectivity index (χ2n) is 3.36. The van der Waals surface area contributed by atoms with E-state index in [1.54, 1.807) is 19.6 Å². The molecule has 0 aliphatic heterocycles. The number of nitrogens with two attached hydrogens (primary N) is 1. The van der Waals surface area contributed by atoms with Gasteiger partial charge in [-0.2, -0.15) is 0 Å². The fourth-order valence-corrected chi connectivity index (χ4v) is 1.42.